The van der Waals surface area contributed by atoms with Gasteiger partial charge in [0.05, 0.1) is 12.7 Å². The fourth-order valence-corrected chi connectivity index (χ4v) is 2.18. The highest BCUT2D eigenvalue weighted by Gasteiger charge is 2.27. The maximum absolute atomic E-state index is 12.2. The molecule has 2 aromatic carbocycles. The van der Waals surface area contributed by atoms with Crippen molar-refractivity contribution in [1.29, 1.82) is 0 Å². The molecule has 3 rings (SSSR count). The van der Waals surface area contributed by atoms with Crippen LogP contribution in [0.4, 0.5) is 5.69 Å². The van der Waals surface area contributed by atoms with Crippen LogP contribution < -0.4 is 14.8 Å². The van der Waals surface area contributed by atoms with Crippen molar-refractivity contribution in [3.8, 4) is 11.5 Å². The number of carbonyl (C=O) groups excluding carboxylic acids is 2. The van der Waals surface area contributed by atoms with Gasteiger partial charge in [-0.3, -0.25) is 4.79 Å². The van der Waals surface area contributed by atoms with Gasteiger partial charge in [0.15, 0.2) is 11.5 Å². The summed E-state index contributed by atoms with van der Waals surface area (Å²) in [5.41, 5.74) is 0.974. The lowest BCUT2D eigenvalue weighted by Crippen LogP contribution is -2.40. The van der Waals surface area contributed by atoms with Crippen LogP contribution in [0.25, 0.3) is 0 Å². The SMILES string of the molecule is COC(=O)c1ccc(NC(=O)[C@@H]2COc3ccccc3O2)cc1. The van der Waals surface area contributed by atoms with Crippen LogP contribution in [-0.4, -0.2) is 31.7 Å². The second-order valence-corrected chi connectivity index (χ2v) is 4.92. The average molecular weight is 313 g/mol. The van der Waals surface area contributed by atoms with Crippen LogP contribution in [0.2, 0.25) is 0 Å². The highest BCUT2D eigenvalue weighted by molar-refractivity contribution is 5.95. The first-order chi connectivity index (χ1) is 11.2. The predicted molar refractivity (Wildman–Crippen MR) is 82.8 cm³/mol. The molecule has 6 nitrogen and oxygen atoms in total. The zero-order valence-electron chi connectivity index (χ0n) is 12.4. The van der Waals surface area contributed by atoms with Crippen LogP contribution in [0.5, 0.6) is 11.5 Å². The standard InChI is InChI=1S/C17H15NO5/c1-21-17(20)11-6-8-12(9-7-11)18-16(19)15-10-22-13-4-2-3-5-14(13)23-15/h2-9,15H,10H2,1H3,(H,18,19)/t15-/m0/s1. The number of rotatable bonds is 3. The van der Waals surface area contributed by atoms with Gasteiger partial charge in [-0.25, -0.2) is 4.79 Å². The van der Waals surface area contributed by atoms with E-state index in [9.17, 15) is 9.59 Å². The Hall–Kier alpha value is -3.02. The fraction of sp³-hybridized carbons (Fsp3) is 0.176. The molecule has 1 aliphatic rings. The van der Waals surface area contributed by atoms with Crippen LogP contribution in [-0.2, 0) is 9.53 Å². The van der Waals surface area contributed by atoms with Crippen molar-refractivity contribution in [2.75, 3.05) is 19.0 Å². The molecule has 0 aromatic heterocycles. The summed E-state index contributed by atoms with van der Waals surface area (Å²) < 4.78 is 15.8. The Balaban J connectivity index is 1.65. The summed E-state index contributed by atoms with van der Waals surface area (Å²) >= 11 is 0. The number of carbonyl (C=O) groups is 2. The molecule has 118 valence electrons. The van der Waals surface area contributed by atoms with Gasteiger partial charge in [-0.1, -0.05) is 12.1 Å². The number of hydrogen-bond donors (Lipinski definition) is 1. The molecule has 0 bridgehead atoms. The first-order valence-corrected chi connectivity index (χ1v) is 7.05. The third-order valence-corrected chi connectivity index (χ3v) is 3.37. The lowest BCUT2D eigenvalue weighted by atomic mass is 10.2. The lowest BCUT2D eigenvalue weighted by molar-refractivity contribution is -0.125. The van der Waals surface area contributed by atoms with Gasteiger partial charge in [0.2, 0.25) is 6.10 Å². The number of amides is 1. The smallest absolute Gasteiger partial charge is 0.337 e. The molecule has 1 heterocycles. The number of benzene rings is 2. The minimum atomic E-state index is -0.731. The zero-order valence-corrected chi connectivity index (χ0v) is 12.4. The molecule has 2 aromatic rings. The molecule has 0 radical (unpaired) electrons. The van der Waals surface area contributed by atoms with Gasteiger partial charge in [-0.2, -0.15) is 0 Å². The van der Waals surface area contributed by atoms with Crippen molar-refractivity contribution in [2.24, 2.45) is 0 Å². The van der Waals surface area contributed by atoms with Crippen molar-refractivity contribution in [1.82, 2.24) is 0 Å². The van der Waals surface area contributed by atoms with Crippen molar-refractivity contribution in [2.45, 2.75) is 6.10 Å². The van der Waals surface area contributed by atoms with Crippen LogP contribution in [0, 0.1) is 0 Å². The highest BCUT2D eigenvalue weighted by Crippen LogP contribution is 2.31. The van der Waals surface area contributed by atoms with E-state index in [4.69, 9.17) is 9.47 Å². The molecule has 1 N–H and O–H groups in total. The number of nitrogens with one attached hydrogen (secondary N) is 1. The number of hydrogen-bond acceptors (Lipinski definition) is 5. The number of methoxy groups -OCH3 is 1. The maximum Gasteiger partial charge on any atom is 0.337 e. The minimum absolute atomic E-state index is 0.142. The van der Waals surface area contributed by atoms with Gasteiger partial charge in [-0.05, 0) is 36.4 Å². The summed E-state index contributed by atoms with van der Waals surface area (Å²) in [7, 11) is 1.32. The van der Waals surface area contributed by atoms with Gasteiger partial charge < -0.3 is 19.5 Å². The number of para-hydroxylation sites is 2. The van der Waals surface area contributed by atoms with Gasteiger partial charge in [-0.15, -0.1) is 0 Å². The quantitative estimate of drug-likeness (QED) is 0.880. The number of ether oxygens (including phenoxy) is 3. The molecular weight excluding hydrogens is 298 g/mol. The van der Waals surface area contributed by atoms with Crippen molar-refractivity contribution in [3.63, 3.8) is 0 Å². The van der Waals surface area contributed by atoms with Crippen molar-refractivity contribution >= 4 is 17.6 Å². The molecule has 6 heteroatoms. The summed E-state index contributed by atoms with van der Waals surface area (Å²) in [6, 6.07) is 13.6. The summed E-state index contributed by atoms with van der Waals surface area (Å²) in [5, 5.41) is 2.73. The summed E-state index contributed by atoms with van der Waals surface area (Å²) in [5.74, 6) is 0.424. The Morgan fingerprint density at radius 1 is 1.09 bits per heavy atom. The average Bonchev–Trinajstić information content (AvgIpc) is 2.61. The molecule has 0 spiro atoms. The first kappa shape index (κ1) is 14.9. The van der Waals surface area contributed by atoms with Crippen molar-refractivity contribution < 1.29 is 23.8 Å². The Morgan fingerprint density at radius 3 is 2.48 bits per heavy atom. The van der Waals surface area contributed by atoms with Crippen LogP contribution in [0.15, 0.2) is 48.5 Å². The van der Waals surface area contributed by atoms with Crippen LogP contribution in [0.1, 0.15) is 10.4 Å². The molecule has 0 aliphatic carbocycles. The largest absolute Gasteiger partial charge is 0.485 e. The second-order valence-electron chi connectivity index (χ2n) is 4.92. The lowest BCUT2D eigenvalue weighted by Gasteiger charge is -2.25. The third kappa shape index (κ3) is 3.26. The van der Waals surface area contributed by atoms with Gasteiger partial charge in [0, 0.05) is 5.69 Å². The van der Waals surface area contributed by atoms with E-state index in [1.54, 1.807) is 36.4 Å². The van der Waals surface area contributed by atoms with E-state index in [1.807, 2.05) is 12.1 Å². The molecular formula is C17H15NO5. The van der Waals surface area contributed by atoms with E-state index in [0.717, 1.165) is 0 Å². The van der Waals surface area contributed by atoms with E-state index in [2.05, 4.69) is 10.1 Å². The molecule has 1 atom stereocenters. The monoisotopic (exact) mass is 313 g/mol. The zero-order chi connectivity index (χ0) is 16.2. The first-order valence-electron chi connectivity index (χ1n) is 7.05. The van der Waals surface area contributed by atoms with Gasteiger partial charge in [0.1, 0.15) is 6.61 Å². The Kier molecular flexibility index (Phi) is 4.14. The summed E-state index contributed by atoms with van der Waals surface area (Å²) in [6.07, 6.45) is -0.731. The molecule has 23 heavy (non-hydrogen) atoms. The van der Waals surface area contributed by atoms with E-state index >= 15 is 0 Å². The molecule has 0 unspecified atom stereocenters. The summed E-state index contributed by atoms with van der Waals surface area (Å²) in [6.45, 7) is 0.142. The Bertz CT molecular complexity index is 726. The van der Waals surface area contributed by atoms with Crippen molar-refractivity contribution in [3.05, 3.63) is 54.1 Å². The summed E-state index contributed by atoms with van der Waals surface area (Å²) in [4.78, 5) is 23.6. The fourth-order valence-electron chi connectivity index (χ4n) is 2.18. The van der Waals surface area contributed by atoms with E-state index < -0.39 is 12.1 Å². The third-order valence-electron chi connectivity index (χ3n) is 3.37. The number of fused-ring (bicyclic) bond motifs is 1. The molecule has 0 saturated carbocycles. The van der Waals surface area contributed by atoms with Gasteiger partial charge in [0.25, 0.3) is 5.91 Å². The topological polar surface area (TPSA) is 73.9 Å². The van der Waals surface area contributed by atoms with Gasteiger partial charge >= 0.3 is 5.97 Å². The molecule has 1 amide bonds. The van der Waals surface area contributed by atoms with Crippen LogP contribution in [0.3, 0.4) is 0 Å². The Labute approximate surface area is 133 Å². The molecule has 0 fully saturated rings. The number of anilines is 1. The predicted octanol–water partition coefficient (Wildman–Crippen LogP) is 2.25. The normalized spacial score (nSPS) is 15.6. The number of esters is 1. The molecule has 0 saturated heterocycles. The van der Waals surface area contributed by atoms with Crippen LogP contribution >= 0.6 is 0 Å². The van der Waals surface area contributed by atoms with E-state index in [-0.39, 0.29) is 12.5 Å². The highest BCUT2D eigenvalue weighted by atomic mass is 16.6. The Morgan fingerprint density at radius 2 is 1.78 bits per heavy atom. The molecule has 1 aliphatic heterocycles. The van der Waals surface area contributed by atoms with E-state index in [1.165, 1.54) is 7.11 Å². The minimum Gasteiger partial charge on any atom is -0.485 e. The second kappa shape index (κ2) is 6.39. The maximum atomic E-state index is 12.2. The van der Waals surface area contributed by atoms with E-state index in [0.29, 0.717) is 22.7 Å².